The van der Waals surface area contributed by atoms with Gasteiger partial charge in [0.2, 0.25) is 5.91 Å². The largest absolute Gasteiger partial charge is 1.00 e. The summed E-state index contributed by atoms with van der Waals surface area (Å²) in [5.41, 5.74) is 0. The molecule has 0 bridgehead atoms. The molecule has 1 saturated heterocycles. The second kappa shape index (κ2) is 7.78. The maximum Gasteiger partial charge on any atom is 1.00 e. The molecule has 0 atom stereocenters. The zero-order valence-electron chi connectivity index (χ0n) is 6.73. The van der Waals surface area contributed by atoms with Crippen molar-refractivity contribution in [1.82, 2.24) is 4.90 Å². The maximum absolute atomic E-state index is 10.7. The summed E-state index contributed by atoms with van der Waals surface area (Å²) in [6, 6.07) is 0. The van der Waals surface area contributed by atoms with E-state index in [1.807, 2.05) is 0 Å². The average Bonchev–Trinajstić information content (AvgIpc) is 2.33. The number of amides is 1. The van der Waals surface area contributed by atoms with Gasteiger partial charge in [0.25, 0.3) is 0 Å². The van der Waals surface area contributed by atoms with Crippen LogP contribution in [0.25, 0.3) is 0 Å². The topological polar surface area (TPSA) is 86.5 Å². The molecule has 7 heteroatoms. The third kappa shape index (κ3) is 7.51. The summed E-state index contributed by atoms with van der Waals surface area (Å²) in [7, 11) is 0. The predicted octanol–water partition coefficient (Wildman–Crippen LogP) is 0.511. The van der Waals surface area contributed by atoms with Crippen molar-refractivity contribution in [2.24, 2.45) is 0 Å². The van der Waals surface area contributed by atoms with E-state index in [-0.39, 0.29) is 28.3 Å². The zero-order chi connectivity index (χ0) is 9.56. The Morgan fingerprint density at radius 2 is 2.00 bits per heavy atom. The molecule has 1 fully saturated rings. The van der Waals surface area contributed by atoms with Gasteiger partial charge >= 0.3 is 22.4 Å². The number of nitrogens with zero attached hydrogens (tertiary/aromatic N) is 2. The van der Waals surface area contributed by atoms with Gasteiger partial charge in [-0.2, -0.15) is 0 Å². The summed E-state index contributed by atoms with van der Waals surface area (Å²) in [6.07, 6.45) is 3.28. The van der Waals surface area contributed by atoms with Crippen LogP contribution >= 0.6 is 0 Å². The van der Waals surface area contributed by atoms with Crippen molar-refractivity contribution >= 4 is 5.91 Å². The summed E-state index contributed by atoms with van der Waals surface area (Å²) in [5.74, 6) is 0.208. The van der Waals surface area contributed by atoms with E-state index in [9.17, 15) is 4.79 Å². The van der Waals surface area contributed by atoms with E-state index in [0.29, 0.717) is 6.42 Å². The Morgan fingerprint density at radius 3 is 2.15 bits per heavy atom. The van der Waals surface area contributed by atoms with Crippen molar-refractivity contribution in [3.05, 3.63) is 28.1 Å². The monoisotopic (exact) mass is 280 g/mol. The molecule has 1 rings (SSSR count). The first-order valence-electron chi connectivity index (χ1n) is 3.31. The van der Waals surface area contributed by atoms with Crippen LogP contribution in [-0.4, -0.2) is 22.4 Å². The van der Waals surface area contributed by atoms with E-state index in [2.05, 4.69) is 6.58 Å². The summed E-state index contributed by atoms with van der Waals surface area (Å²) >= 11 is 0. The molecule has 0 aromatic carbocycles. The first kappa shape index (κ1) is 14.7. The van der Waals surface area contributed by atoms with Crippen molar-refractivity contribution in [3.8, 4) is 0 Å². The standard InChI is InChI=1S/C6H9NO.Ag.NO3/c1-2-7-5-3-4-6(7)8;;2-1(3)4/h2H,1,3-5H2;;/q;+1;-1. The number of rotatable bonds is 1. The van der Waals surface area contributed by atoms with Gasteiger partial charge in [0, 0.05) is 13.0 Å². The maximum atomic E-state index is 10.7. The van der Waals surface area contributed by atoms with Crippen molar-refractivity contribution < 1.29 is 32.3 Å². The average molecular weight is 281 g/mol. The fourth-order valence-electron chi connectivity index (χ4n) is 0.862. The second-order valence-electron chi connectivity index (χ2n) is 2.10. The first-order valence-corrected chi connectivity index (χ1v) is 3.31. The summed E-state index contributed by atoms with van der Waals surface area (Å²) in [6.45, 7) is 4.36. The molecule has 0 aliphatic carbocycles. The summed E-state index contributed by atoms with van der Waals surface area (Å²) in [4.78, 5) is 20.6. The molecule has 1 aliphatic heterocycles. The van der Waals surface area contributed by atoms with Crippen LogP contribution in [-0.2, 0) is 27.2 Å². The Morgan fingerprint density at radius 1 is 1.54 bits per heavy atom. The minimum atomic E-state index is -1.75. The SMILES string of the molecule is C=CN1CCCC1=O.O=[N+]([O-])[O-].[Ag+]. The Hall–Kier alpha value is -0.850. The van der Waals surface area contributed by atoms with E-state index in [1.165, 1.54) is 0 Å². The Labute approximate surface area is 90.8 Å². The molecular formula is C6H9AgN2O4. The predicted molar refractivity (Wildman–Crippen MR) is 41.5 cm³/mol. The van der Waals surface area contributed by atoms with Crippen molar-refractivity contribution in [1.29, 1.82) is 0 Å². The molecule has 6 nitrogen and oxygen atoms in total. The fourth-order valence-corrected chi connectivity index (χ4v) is 0.862. The van der Waals surface area contributed by atoms with Gasteiger partial charge in [-0.25, -0.2) is 0 Å². The van der Waals surface area contributed by atoms with E-state index in [0.717, 1.165) is 13.0 Å². The number of likely N-dealkylation sites (tertiary alicyclic amines) is 1. The molecule has 0 unspecified atom stereocenters. The summed E-state index contributed by atoms with van der Waals surface area (Å²) in [5, 5.41) is 14.8. The number of hydrogen-bond acceptors (Lipinski definition) is 4. The van der Waals surface area contributed by atoms with Crippen LogP contribution in [0.3, 0.4) is 0 Å². The smallest absolute Gasteiger partial charge is 0.356 e. The Balaban J connectivity index is 0. The Kier molecular flexibility index (Phi) is 8.78. The molecule has 13 heavy (non-hydrogen) atoms. The van der Waals surface area contributed by atoms with Crippen molar-refractivity contribution in [2.75, 3.05) is 6.54 Å². The molecule has 1 aliphatic rings. The van der Waals surface area contributed by atoms with Crippen LogP contribution in [0.1, 0.15) is 12.8 Å². The normalized spacial score (nSPS) is 13.8. The third-order valence-corrected chi connectivity index (χ3v) is 1.33. The minimum absolute atomic E-state index is 0. The quantitative estimate of drug-likeness (QED) is 0.398. The second-order valence-corrected chi connectivity index (χ2v) is 2.10. The zero-order valence-corrected chi connectivity index (χ0v) is 8.22. The molecule has 0 saturated carbocycles. The van der Waals surface area contributed by atoms with Gasteiger partial charge in [-0.3, -0.25) is 4.79 Å². The molecule has 0 spiro atoms. The van der Waals surface area contributed by atoms with E-state index in [4.69, 9.17) is 15.3 Å². The van der Waals surface area contributed by atoms with Gasteiger partial charge in [0.05, 0.1) is 5.09 Å². The first-order chi connectivity index (χ1) is 5.57. The molecular weight excluding hydrogens is 272 g/mol. The van der Waals surface area contributed by atoms with Crippen LogP contribution < -0.4 is 0 Å². The van der Waals surface area contributed by atoms with Gasteiger partial charge in [-0.15, -0.1) is 0 Å². The number of carbonyl (C=O) groups excluding carboxylic acids is 1. The van der Waals surface area contributed by atoms with Crippen LogP contribution in [0.15, 0.2) is 12.8 Å². The molecule has 0 aromatic rings. The van der Waals surface area contributed by atoms with Crippen molar-refractivity contribution in [3.63, 3.8) is 0 Å². The summed E-state index contributed by atoms with van der Waals surface area (Å²) < 4.78 is 0. The van der Waals surface area contributed by atoms with Gasteiger partial charge < -0.3 is 20.2 Å². The van der Waals surface area contributed by atoms with Crippen molar-refractivity contribution in [2.45, 2.75) is 12.8 Å². The number of carbonyl (C=O) groups is 1. The van der Waals surface area contributed by atoms with E-state index < -0.39 is 5.09 Å². The third-order valence-electron chi connectivity index (χ3n) is 1.33. The molecule has 1 heterocycles. The van der Waals surface area contributed by atoms with Crippen LogP contribution in [0.4, 0.5) is 0 Å². The van der Waals surface area contributed by atoms with Crippen LogP contribution in [0.2, 0.25) is 0 Å². The number of hydrogen-bond donors (Lipinski definition) is 0. The van der Waals surface area contributed by atoms with Crippen LogP contribution in [0, 0.1) is 15.3 Å². The van der Waals surface area contributed by atoms with Gasteiger partial charge in [-0.05, 0) is 12.6 Å². The van der Waals surface area contributed by atoms with Gasteiger partial charge in [0.15, 0.2) is 0 Å². The molecule has 78 valence electrons. The molecule has 1 amide bonds. The minimum Gasteiger partial charge on any atom is -0.356 e. The molecule has 0 N–H and O–H groups in total. The van der Waals surface area contributed by atoms with Gasteiger partial charge in [-0.1, -0.05) is 6.58 Å². The molecule has 0 radical (unpaired) electrons. The van der Waals surface area contributed by atoms with E-state index >= 15 is 0 Å². The van der Waals surface area contributed by atoms with Gasteiger partial charge in [0.1, 0.15) is 0 Å². The fraction of sp³-hybridized carbons (Fsp3) is 0.500. The van der Waals surface area contributed by atoms with Crippen LogP contribution in [0.5, 0.6) is 0 Å². The Bertz CT molecular complexity index is 193. The molecule has 0 aromatic heterocycles. The van der Waals surface area contributed by atoms with E-state index in [1.54, 1.807) is 11.1 Å².